The van der Waals surface area contributed by atoms with E-state index in [2.05, 4.69) is 43.5 Å². The predicted molar refractivity (Wildman–Crippen MR) is 107 cm³/mol. The van der Waals surface area contributed by atoms with Crippen LogP contribution in [0.15, 0.2) is 24.3 Å². The van der Waals surface area contributed by atoms with Gasteiger partial charge in [0.2, 0.25) is 0 Å². The lowest BCUT2D eigenvalue weighted by atomic mass is 9.75. The Labute approximate surface area is 160 Å². The molecule has 4 heteroatoms. The lowest BCUT2D eigenvalue weighted by molar-refractivity contribution is 0.0693. The third-order valence-electron chi connectivity index (χ3n) is 6.08. The van der Waals surface area contributed by atoms with E-state index in [1.807, 2.05) is 0 Å². The maximum absolute atomic E-state index is 12.2. The molecule has 0 bridgehead atoms. The first-order valence-corrected chi connectivity index (χ1v) is 10.7. The van der Waals surface area contributed by atoms with Gasteiger partial charge in [-0.05, 0) is 55.5 Å². The monoisotopic (exact) mass is 371 g/mol. The van der Waals surface area contributed by atoms with Crippen LogP contribution in [0.5, 0.6) is 0 Å². The zero-order valence-corrected chi connectivity index (χ0v) is 16.6. The molecule has 140 valence electrons. The minimum atomic E-state index is -0.747. The van der Waals surface area contributed by atoms with Gasteiger partial charge >= 0.3 is 5.97 Å². The molecule has 4 rings (SSSR count). The largest absolute Gasteiger partial charge is 0.478 e. The van der Waals surface area contributed by atoms with Crippen molar-refractivity contribution in [3.05, 3.63) is 45.2 Å². The van der Waals surface area contributed by atoms with Crippen molar-refractivity contribution in [1.29, 1.82) is 0 Å². The topological polar surface area (TPSA) is 49.3 Å². The van der Waals surface area contributed by atoms with Crippen molar-refractivity contribution in [1.82, 2.24) is 5.32 Å². The maximum Gasteiger partial charge on any atom is 0.337 e. The van der Waals surface area contributed by atoms with Crippen molar-refractivity contribution in [2.45, 2.75) is 51.9 Å². The minimum absolute atomic E-state index is 0.177. The van der Waals surface area contributed by atoms with Crippen molar-refractivity contribution in [2.24, 2.45) is 17.3 Å². The summed E-state index contributed by atoms with van der Waals surface area (Å²) in [5.41, 5.74) is 1.92. The van der Waals surface area contributed by atoms with Crippen LogP contribution in [-0.2, 0) is 12.8 Å². The fourth-order valence-corrected chi connectivity index (χ4v) is 5.79. The summed E-state index contributed by atoms with van der Waals surface area (Å²) >= 11 is 1.76. The van der Waals surface area contributed by atoms with Gasteiger partial charge in [-0.2, -0.15) is 0 Å². The number of rotatable bonds is 6. The second kappa shape index (κ2) is 6.97. The number of carbonyl (C=O) groups is 1. The van der Waals surface area contributed by atoms with Crippen molar-refractivity contribution < 1.29 is 9.90 Å². The first-order valence-electron chi connectivity index (χ1n) is 9.88. The number of carboxylic acids is 1. The fourth-order valence-electron chi connectivity index (χ4n) is 4.32. The molecule has 26 heavy (non-hydrogen) atoms. The number of nitrogens with one attached hydrogen (secondary N) is 1. The molecule has 0 spiro atoms. The highest BCUT2D eigenvalue weighted by molar-refractivity contribution is 7.12. The van der Waals surface area contributed by atoms with Crippen molar-refractivity contribution in [3.63, 3.8) is 0 Å². The highest BCUT2D eigenvalue weighted by atomic mass is 32.1. The lowest BCUT2D eigenvalue weighted by Gasteiger charge is -2.29. The van der Waals surface area contributed by atoms with Gasteiger partial charge in [0.1, 0.15) is 0 Å². The Morgan fingerprint density at radius 2 is 2.04 bits per heavy atom. The smallest absolute Gasteiger partial charge is 0.337 e. The molecule has 0 aliphatic heterocycles. The Hall–Kier alpha value is -1.39. The van der Waals surface area contributed by atoms with Crippen LogP contribution in [0.2, 0.25) is 0 Å². The van der Waals surface area contributed by atoms with Crippen LogP contribution in [0.3, 0.4) is 0 Å². The Morgan fingerprint density at radius 3 is 2.77 bits per heavy atom. The molecule has 3 aliphatic rings. The van der Waals surface area contributed by atoms with Crippen LogP contribution in [0, 0.1) is 17.3 Å². The summed E-state index contributed by atoms with van der Waals surface area (Å²) < 4.78 is 0. The standard InChI is InChI=1S/C22H29NO2S/c1-22(2)10-9-18-17(11-22)19(21(24)25)20(26-18)16-6-4-3-5-15(16)13-23-12-14-7-8-14/h3-6,14-16,23H,7-13H2,1-2H3,(H,24,25). The Balaban J connectivity index is 1.62. The van der Waals surface area contributed by atoms with E-state index in [1.165, 1.54) is 17.7 Å². The number of fused-ring (bicyclic) bond motifs is 1. The summed E-state index contributed by atoms with van der Waals surface area (Å²) in [6.07, 6.45) is 14.4. The van der Waals surface area contributed by atoms with Crippen LogP contribution >= 0.6 is 11.3 Å². The van der Waals surface area contributed by atoms with Gasteiger partial charge in [0.25, 0.3) is 0 Å². The second-order valence-electron chi connectivity index (χ2n) is 8.95. The van der Waals surface area contributed by atoms with E-state index in [9.17, 15) is 9.90 Å². The van der Waals surface area contributed by atoms with E-state index in [0.717, 1.165) is 48.7 Å². The van der Waals surface area contributed by atoms with Gasteiger partial charge in [-0.25, -0.2) is 4.79 Å². The quantitative estimate of drug-likeness (QED) is 0.756. The van der Waals surface area contributed by atoms with Crippen molar-refractivity contribution >= 4 is 17.3 Å². The van der Waals surface area contributed by atoms with Crippen molar-refractivity contribution in [3.8, 4) is 0 Å². The number of aryl methyl sites for hydroxylation is 1. The number of allylic oxidation sites excluding steroid dienone is 3. The fraction of sp³-hybridized carbons (Fsp3) is 0.591. The Kier molecular flexibility index (Phi) is 4.83. The van der Waals surface area contributed by atoms with Gasteiger partial charge in [-0.1, -0.05) is 38.2 Å². The molecule has 1 aromatic heterocycles. The molecule has 1 fully saturated rings. The van der Waals surface area contributed by atoms with Crippen LogP contribution < -0.4 is 5.32 Å². The maximum atomic E-state index is 12.2. The summed E-state index contributed by atoms with van der Waals surface area (Å²) in [6.45, 7) is 6.54. The molecule has 0 saturated heterocycles. The molecule has 2 N–H and O–H groups in total. The highest BCUT2D eigenvalue weighted by Gasteiger charge is 2.36. The number of hydrogen-bond acceptors (Lipinski definition) is 3. The number of hydrogen-bond donors (Lipinski definition) is 2. The average molecular weight is 372 g/mol. The zero-order valence-electron chi connectivity index (χ0n) is 15.8. The predicted octanol–water partition coefficient (Wildman–Crippen LogP) is 4.79. The Morgan fingerprint density at radius 1 is 1.27 bits per heavy atom. The molecule has 3 aliphatic carbocycles. The van der Waals surface area contributed by atoms with Crippen LogP contribution in [0.25, 0.3) is 0 Å². The third-order valence-corrected chi connectivity index (χ3v) is 7.47. The van der Waals surface area contributed by atoms with Crippen LogP contribution in [-0.4, -0.2) is 24.2 Å². The van der Waals surface area contributed by atoms with E-state index < -0.39 is 5.97 Å². The van der Waals surface area contributed by atoms with Crippen molar-refractivity contribution in [2.75, 3.05) is 13.1 Å². The summed E-state index contributed by atoms with van der Waals surface area (Å²) in [7, 11) is 0. The second-order valence-corrected chi connectivity index (χ2v) is 10.1. The first kappa shape index (κ1) is 18.0. The first-order chi connectivity index (χ1) is 12.4. The normalized spacial score (nSPS) is 26.7. The van der Waals surface area contributed by atoms with Gasteiger partial charge in [0.15, 0.2) is 0 Å². The van der Waals surface area contributed by atoms with Crippen LogP contribution in [0.1, 0.15) is 64.7 Å². The van der Waals surface area contributed by atoms with Gasteiger partial charge in [0.05, 0.1) is 5.56 Å². The molecule has 0 amide bonds. The number of carboxylic acid groups (broad SMARTS) is 1. The molecule has 0 radical (unpaired) electrons. The lowest BCUT2D eigenvalue weighted by Crippen LogP contribution is -2.28. The van der Waals surface area contributed by atoms with E-state index in [0.29, 0.717) is 11.5 Å². The van der Waals surface area contributed by atoms with Gasteiger partial charge in [-0.15, -0.1) is 11.3 Å². The molecular weight excluding hydrogens is 342 g/mol. The molecule has 1 heterocycles. The third kappa shape index (κ3) is 3.67. The van der Waals surface area contributed by atoms with E-state index >= 15 is 0 Å². The molecule has 1 aromatic rings. The molecule has 3 nitrogen and oxygen atoms in total. The SMILES string of the molecule is CC1(C)CCc2sc(C3C=CC=CC3CNCC3CC3)c(C(=O)O)c2C1. The summed E-state index contributed by atoms with van der Waals surface area (Å²) in [6, 6.07) is 0. The summed E-state index contributed by atoms with van der Waals surface area (Å²) in [5.74, 6) is 0.631. The molecule has 2 atom stereocenters. The molecule has 1 saturated carbocycles. The molecule has 2 unspecified atom stereocenters. The van der Waals surface area contributed by atoms with Crippen LogP contribution in [0.4, 0.5) is 0 Å². The zero-order chi connectivity index (χ0) is 18.3. The van der Waals surface area contributed by atoms with E-state index in [1.54, 1.807) is 11.3 Å². The number of thiophene rings is 1. The molecule has 0 aromatic carbocycles. The number of aromatic carboxylic acids is 1. The van der Waals surface area contributed by atoms with Gasteiger partial charge in [-0.3, -0.25) is 0 Å². The average Bonchev–Trinajstić information content (AvgIpc) is 3.33. The van der Waals surface area contributed by atoms with Gasteiger partial charge < -0.3 is 10.4 Å². The molecular formula is C22H29NO2S. The minimum Gasteiger partial charge on any atom is -0.478 e. The Bertz CT molecular complexity index is 754. The highest BCUT2D eigenvalue weighted by Crippen LogP contribution is 2.46. The summed E-state index contributed by atoms with van der Waals surface area (Å²) in [4.78, 5) is 14.6. The van der Waals surface area contributed by atoms with Gasteiger partial charge in [0, 0.05) is 28.1 Å². The van der Waals surface area contributed by atoms with E-state index in [4.69, 9.17) is 0 Å². The van der Waals surface area contributed by atoms with E-state index in [-0.39, 0.29) is 11.3 Å². The summed E-state index contributed by atoms with van der Waals surface area (Å²) in [5, 5.41) is 13.6.